The molecule has 0 saturated heterocycles. The van der Waals surface area contributed by atoms with Crippen molar-refractivity contribution in [1.29, 1.82) is 0 Å². The molecule has 0 spiro atoms. The molecule has 2 heterocycles. The van der Waals surface area contributed by atoms with Crippen LogP contribution in [0.1, 0.15) is 21.6 Å². The maximum absolute atomic E-state index is 13.7. The molecule has 0 bridgehead atoms. The zero-order valence-corrected chi connectivity index (χ0v) is 15.9. The molecule has 4 rings (SSSR count). The molecule has 29 heavy (non-hydrogen) atoms. The Kier molecular flexibility index (Phi) is 5.22. The number of aromatic nitrogens is 1. The zero-order valence-electron chi connectivity index (χ0n) is 15.9. The molecule has 0 fully saturated rings. The van der Waals surface area contributed by atoms with E-state index in [1.165, 1.54) is 18.2 Å². The smallest absolute Gasteiger partial charge is 0.339 e. The quantitative estimate of drug-likeness (QED) is 0.690. The van der Waals surface area contributed by atoms with Gasteiger partial charge in [-0.2, -0.15) is 0 Å². The summed E-state index contributed by atoms with van der Waals surface area (Å²) < 4.78 is 19.0. The van der Waals surface area contributed by atoms with Crippen LogP contribution >= 0.6 is 0 Å². The number of amides is 1. The highest BCUT2D eigenvalue weighted by Gasteiger charge is 2.25. The first-order valence-electron chi connectivity index (χ1n) is 9.33. The number of benzene rings is 2. The molecule has 0 aliphatic carbocycles. The number of nitrogens with one attached hydrogen (secondary N) is 1. The van der Waals surface area contributed by atoms with Crippen LogP contribution in [0.25, 0.3) is 10.9 Å². The fourth-order valence-corrected chi connectivity index (χ4v) is 3.51. The van der Waals surface area contributed by atoms with Crippen LogP contribution in [0.3, 0.4) is 0 Å². The highest BCUT2D eigenvalue weighted by Crippen LogP contribution is 2.28. The normalized spacial score (nSPS) is 13.7. The summed E-state index contributed by atoms with van der Waals surface area (Å²) in [4.78, 5) is 31.9. The van der Waals surface area contributed by atoms with Gasteiger partial charge in [0.15, 0.2) is 6.61 Å². The molecule has 7 heteroatoms. The molecule has 2 aromatic carbocycles. The SMILES string of the molecule is CN1CCc2nc3ccccc3c(C(=O)OCC(=O)Nc3ccccc3F)c2C1. The number of carbonyl (C=O) groups excluding carboxylic acids is 2. The Morgan fingerprint density at radius 3 is 2.76 bits per heavy atom. The summed E-state index contributed by atoms with van der Waals surface area (Å²) in [7, 11) is 1.98. The second-order valence-electron chi connectivity index (χ2n) is 7.02. The van der Waals surface area contributed by atoms with Crippen LogP contribution in [0.4, 0.5) is 10.1 Å². The minimum atomic E-state index is -0.604. The second kappa shape index (κ2) is 7.97. The van der Waals surface area contributed by atoms with Gasteiger partial charge in [0.25, 0.3) is 5.91 Å². The van der Waals surface area contributed by atoms with Crippen molar-refractivity contribution >= 4 is 28.5 Å². The fourth-order valence-electron chi connectivity index (χ4n) is 3.51. The Morgan fingerprint density at radius 2 is 1.93 bits per heavy atom. The van der Waals surface area contributed by atoms with Gasteiger partial charge in [-0.15, -0.1) is 0 Å². The van der Waals surface area contributed by atoms with Gasteiger partial charge >= 0.3 is 5.97 Å². The molecule has 1 aromatic heterocycles. The van der Waals surface area contributed by atoms with Gasteiger partial charge in [0.1, 0.15) is 5.82 Å². The summed E-state index contributed by atoms with van der Waals surface area (Å²) in [5.41, 5.74) is 2.91. The summed E-state index contributed by atoms with van der Waals surface area (Å²) >= 11 is 0. The van der Waals surface area contributed by atoms with Gasteiger partial charge in [0, 0.05) is 36.2 Å². The molecular formula is C22H20FN3O3. The van der Waals surface area contributed by atoms with E-state index >= 15 is 0 Å². The van der Waals surface area contributed by atoms with E-state index in [1.807, 2.05) is 31.3 Å². The van der Waals surface area contributed by atoms with Crippen molar-refractivity contribution in [2.45, 2.75) is 13.0 Å². The molecule has 1 aliphatic rings. The van der Waals surface area contributed by atoms with Crippen LogP contribution in [0.2, 0.25) is 0 Å². The molecule has 0 atom stereocenters. The Labute approximate surface area is 167 Å². The third-order valence-electron chi connectivity index (χ3n) is 4.92. The van der Waals surface area contributed by atoms with E-state index < -0.39 is 24.3 Å². The second-order valence-corrected chi connectivity index (χ2v) is 7.02. The number of esters is 1. The summed E-state index contributed by atoms with van der Waals surface area (Å²) in [6.45, 7) is 0.936. The van der Waals surface area contributed by atoms with Crippen molar-refractivity contribution in [2.75, 3.05) is 25.5 Å². The number of nitrogens with zero attached hydrogens (tertiary/aromatic N) is 2. The highest BCUT2D eigenvalue weighted by atomic mass is 19.1. The Hall–Kier alpha value is -3.32. The minimum Gasteiger partial charge on any atom is -0.452 e. The Bertz CT molecular complexity index is 1100. The first-order chi connectivity index (χ1) is 14.0. The van der Waals surface area contributed by atoms with Crippen molar-refractivity contribution in [3.8, 4) is 0 Å². The lowest BCUT2D eigenvalue weighted by atomic mass is 9.96. The molecule has 6 nitrogen and oxygen atoms in total. The number of carbonyl (C=O) groups is 2. The van der Waals surface area contributed by atoms with Gasteiger partial charge in [0.05, 0.1) is 16.8 Å². The van der Waals surface area contributed by atoms with E-state index in [1.54, 1.807) is 6.07 Å². The van der Waals surface area contributed by atoms with Crippen LogP contribution in [-0.4, -0.2) is 42.0 Å². The van der Waals surface area contributed by atoms with E-state index in [0.29, 0.717) is 17.5 Å². The number of hydrogen-bond acceptors (Lipinski definition) is 5. The van der Waals surface area contributed by atoms with Crippen molar-refractivity contribution in [1.82, 2.24) is 9.88 Å². The molecule has 148 valence electrons. The Balaban J connectivity index is 1.57. The molecule has 1 amide bonds. The van der Waals surface area contributed by atoms with Gasteiger partial charge in [-0.25, -0.2) is 9.18 Å². The van der Waals surface area contributed by atoms with E-state index in [-0.39, 0.29) is 5.69 Å². The lowest BCUT2D eigenvalue weighted by Gasteiger charge is -2.26. The van der Waals surface area contributed by atoms with Crippen molar-refractivity contribution in [3.05, 3.63) is 71.2 Å². The largest absolute Gasteiger partial charge is 0.452 e. The van der Waals surface area contributed by atoms with Crippen LogP contribution in [0, 0.1) is 5.82 Å². The zero-order chi connectivity index (χ0) is 20.4. The minimum absolute atomic E-state index is 0.0434. The monoisotopic (exact) mass is 393 g/mol. The third-order valence-corrected chi connectivity index (χ3v) is 4.92. The van der Waals surface area contributed by atoms with E-state index in [2.05, 4.69) is 10.2 Å². The van der Waals surface area contributed by atoms with Gasteiger partial charge in [-0.1, -0.05) is 30.3 Å². The predicted octanol–water partition coefficient (Wildman–Crippen LogP) is 3.16. The standard InChI is InChI=1S/C22H20FN3O3/c1-26-11-10-18-15(12-26)21(14-6-2-4-8-17(14)24-18)22(28)29-13-20(27)25-19-9-5-3-7-16(19)23/h2-9H,10-13H2,1H3,(H,25,27). The number of anilines is 1. The lowest BCUT2D eigenvalue weighted by molar-refractivity contribution is -0.119. The molecule has 0 saturated carbocycles. The summed E-state index contributed by atoms with van der Waals surface area (Å²) in [6, 6.07) is 13.2. The maximum atomic E-state index is 13.7. The topological polar surface area (TPSA) is 71.5 Å². The fraction of sp³-hybridized carbons (Fsp3) is 0.227. The molecule has 1 aliphatic heterocycles. The average molecular weight is 393 g/mol. The van der Waals surface area contributed by atoms with Gasteiger partial charge in [-0.3, -0.25) is 9.78 Å². The predicted molar refractivity (Wildman–Crippen MR) is 107 cm³/mol. The first kappa shape index (κ1) is 19.0. The van der Waals surface area contributed by atoms with Crippen molar-refractivity contribution < 1.29 is 18.7 Å². The lowest BCUT2D eigenvalue weighted by Crippen LogP contribution is -2.30. The molecule has 0 radical (unpaired) electrons. The number of halogens is 1. The number of fused-ring (bicyclic) bond motifs is 2. The molecule has 0 unspecified atom stereocenters. The van der Waals surface area contributed by atoms with E-state index in [0.717, 1.165) is 29.7 Å². The van der Waals surface area contributed by atoms with Crippen LogP contribution in [0.5, 0.6) is 0 Å². The van der Waals surface area contributed by atoms with Gasteiger partial charge < -0.3 is 15.0 Å². The summed E-state index contributed by atoms with van der Waals surface area (Å²) in [5.74, 6) is -1.74. The number of ether oxygens (including phenoxy) is 1. The van der Waals surface area contributed by atoms with Gasteiger partial charge in [0.2, 0.25) is 0 Å². The molecule has 1 N–H and O–H groups in total. The maximum Gasteiger partial charge on any atom is 0.339 e. The number of likely N-dealkylation sites (N-methyl/N-ethyl adjacent to an activating group) is 1. The molecular weight excluding hydrogens is 373 g/mol. The van der Waals surface area contributed by atoms with E-state index in [4.69, 9.17) is 9.72 Å². The van der Waals surface area contributed by atoms with Crippen molar-refractivity contribution in [2.24, 2.45) is 0 Å². The highest BCUT2D eigenvalue weighted by molar-refractivity contribution is 6.06. The van der Waals surface area contributed by atoms with Gasteiger partial charge in [-0.05, 0) is 25.2 Å². The first-order valence-corrected chi connectivity index (χ1v) is 9.33. The average Bonchev–Trinajstić information content (AvgIpc) is 2.72. The van der Waals surface area contributed by atoms with Crippen molar-refractivity contribution in [3.63, 3.8) is 0 Å². The Morgan fingerprint density at radius 1 is 1.17 bits per heavy atom. The van der Waals surface area contributed by atoms with Crippen LogP contribution < -0.4 is 5.32 Å². The number of hydrogen-bond donors (Lipinski definition) is 1. The number of rotatable bonds is 4. The summed E-state index contributed by atoms with van der Waals surface area (Å²) in [6.07, 6.45) is 0.741. The number of pyridine rings is 1. The van der Waals surface area contributed by atoms with E-state index in [9.17, 15) is 14.0 Å². The summed E-state index contributed by atoms with van der Waals surface area (Å²) in [5, 5.41) is 3.11. The number of para-hydroxylation sites is 2. The third kappa shape index (κ3) is 3.95. The molecule has 3 aromatic rings. The van der Waals surface area contributed by atoms with Crippen LogP contribution in [-0.2, 0) is 22.5 Å². The van der Waals surface area contributed by atoms with Crippen LogP contribution in [0.15, 0.2) is 48.5 Å².